The summed E-state index contributed by atoms with van der Waals surface area (Å²) in [5.41, 5.74) is 0.717. The molecule has 4 rings (SSSR count). The van der Waals surface area contributed by atoms with Gasteiger partial charge in [-0.05, 0) is 35.5 Å². The van der Waals surface area contributed by atoms with E-state index in [1.165, 1.54) is 32.1 Å². The summed E-state index contributed by atoms with van der Waals surface area (Å²) >= 11 is 0. The van der Waals surface area contributed by atoms with Crippen LogP contribution in [0.2, 0.25) is 0 Å². The lowest BCUT2D eigenvalue weighted by molar-refractivity contribution is -0.120. The fourth-order valence-corrected chi connectivity index (χ4v) is 4.32. The number of hydrogen-bond acceptors (Lipinski definition) is 6. The molecule has 1 aliphatic carbocycles. The van der Waals surface area contributed by atoms with Crippen LogP contribution in [0.25, 0.3) is 10.9 Å². The monoisotopic (exact) mass is 438 g/mol. The van der Waals surface area contributed by atoms with E-state index in [1.54, 1.807) is 0 Å². The van der Waals surface area contributed by atoms with Gasteiger partial charge in [-0.2, -0.15) is 10.3 Å². The summed E-state index contributed by atoms with van der Waals surface area (Å²) in [6, 6.07) is 6.93. The van der Waals surface area contributed by atoms with Crippen molar-refractivity contribution in [3.63, 3.8) is 0 Å². The zero-order valence-electron chi connectivity index (χ0n) is 18.8. The number of nitrogens with one attached hydrogen (secondary N) is 3. The van der Waals surface area contributed by atoms with Crippen molar-refractivity contribution in [2.75, 3.05) is 5.32 Å². The molecule has 2 aromatic heterocycles. The minimum Gasteiger partial charge on any atom is -0.338 e. The molecule has 0 saturated heterocycles. The second-order valence-corrected chi connectivity index (χ2v) is 9.55. The molecule has 0 radical (unpaired) electrons. The first-order valence-electron chi connectivity index (χ1n) is 11.1. The number of tetrazole rings is 1. The van der Waals surface area contributed by atoms with E-state index in [2.05, 4.69) is 36.4 Å². The van der Waals surface area contributed by atoms with Crippen molar-refractivity contribution in [1.29, 1.82) is 0 Å². The second kappa shape index (κ2) is 9.05. The van der Waals surface area contributed by atoms with Gasteiger partial charge >= 0.3 is 0 Å². The van der Waals surface area contributed by atoms with Crippen molar-refractivity contribution in [2.24, 2.45) is 11.3 Å². The number of fused-ring (bicyclic) bond motifs is 1. The van der Waals surface area contributed by atoms with Gasteiger partial charge in [-0.25, -0.2) is 0 Å². The quantitative estimate of drug-likeness (QED) is 0.542. The average Bonchev–Trinajstić information content (AvgIpc) is 3.40. The zero-order chi connectivity index (χ0) is 22.7. The van der Waals surface area contributed by atoms with Crippen molar-refractivity contribution in [1.82, 2.24) is 35.7 Å². The number of anilines is 1. The summed E-state index contributed by atoms with van der Waals surface area (Å²) in [7, 11) is 0. The first-order chi connectivity index (χ1) is 15.3. The first kappa shape index (κ1) is 21.9. The molecule has 3 N–H and O–H groups in total. The molecule has 1 atom stereocenters. The molecule has 0 unspecified atom stereocenters. The number of carbonyl (C=O) groups is 2. The van der Waals surface area contributed by atoms with Crippen LogP contribution in [0.1, 0.15) is 63.4 Å². The zero-order valence-corrected chi connectivity index (χ0v) is 18.8. The Hall–Kier alpha value is -3.30. The van der Waals surface area contributed by atoms with Crippen molar-refractivity contribution >= 4 is 28.7 Å². The van der Waals surface area contributed by atoms with E-state index < -0.39 is 17.4 Å². The molecule has 1 aromatic carbocycles. The molecule has 1 aliphatic rings. The number of rotatable bonds is 6. The highest BCUT2D eigenvalue weighted by molar-refractivity contribution is 6.07. The van der Waals surface area contributed by atoms with Crippen molar-refractivity contribution < 1.29 is 9.59 Å². The maximum absolute atomic E-state index is 13.3. The Bertz CT molecular complexity index is 1080. The van der Waals surface area contributed by atoms with E-state index in [4.69, 9.17) is 0 Å². The number of benzene rings is 1. The third-order valence-corrected chi connectivity index (χ3v) is 6.01. The van der Waals surface area contributed by atoms with Crippen LogP contribution in [0.3, 0.4) is 0 Å². The van der Waals surface area contributed by atoms with Crippen molar-refractivity contribution in [3.05, 3.63) is 30.0 Å². The molecule has 32 heavy (non-hydrogen) atoms. The van der Waals surface area contributed by atoms with Gasteiger partial charge < -0.3 is 5.32 Å². The van der Waals surface area contributed by atoms with Gasteiger partial charge in [0.2, 0.25) is 5.91 Å². The maximum atomic E-state index is 13.3. The average molecular weight is 439 g/mol. The molecular formula is C22H30N8O2. The molecule has 0 aliphatic heterocycles. The number of hydrogen-bond donors (Lipinski definition) is 3. The highest BCUT2D eigenvalue weighted by atomic mass is 16.2. The van der Waals surface area contributed by atoms with Crippen molar-refractivity contribution in [3.8, 4) is 0 Å². The van der Waals surface area contributed by atoms with Gasteiger partial charge in [-0.3, -0.25) is 19.6 Å². The Morgan fingerprint density at radius 1 is 1.19 bits per heavy atom. The van der Waals surface area contributed by atoms with Crippen LogP contribution in [0, 0.1) is 11.3 Å². The lowest BCUT2D eigenvalue weighted by Crippen LogP contribution is -2.51. The van der Waals surface area contributed by atoms with Gasteiger partial charge in [-0.1, -0.05) is 63.3 Å². The number of aromatic amines is 1. The third kappa shape index (κ3) is 4.79. The van der Waals surface area contributed by atoms with Crippen LogP contribution in [-0.4, -0.2) is 48.3 Å². The van der Waals surface area contributed by atoms with Crippen LogP contribution in [0.4, 0.5) is 5.95 Å². The first-order valence-corrected chi connectivity index (χ1v) is 11.1. The Morgan fingerprint density at radius 2 is 1.94 bits per heavy atom. The van der Waals surface area contributed by atoms with Crippen LogP contribution >= 0.6 is 0 Å². The molecule has 0 bridgehead atoms. The van der Waals surface area contributed by atoms with Gasteiger partial charge in [0, 0.05) is 11.9 Å². The predicted octanol–water partition coefficient (Wildman–Crippen LogP) is 2.91. The molecule has 0 spiro atoms. The normalized spacial score (nSPS) is 16.1. The van der Waals surface area contributed by atoms with Gasteiger partial charge in [0.1, 0.15) is 6.04 Å². The van der Waals surface area contributed by atoms with Crippen LogP contribution < -0.4 is 10.6 Å². The van der Waals surface area contributed by atoms with Gasteiger partial charge in [0.05, 0.1) is 5.52 Å². The summed E-state index contributed by atoms with van der Waals surface area (Å²) in [6.07, 6.45) is 6.18. The number of H-pyrrole nitrogens is 1. The Labute approximate surface area is 186 Å². The fraction of sp³-hybridized carbons (Fsp3) is 0.545. The summed E-state index contributed by atoms with van der Waals surface area (Å²) in [5, 5.41) is 24.2. The fourth-order valence-electron chi connectivity index (χ4n) is 4.32. The maximum Gasteiger partial charge on any atom is 0.273 e. The molecule has 170 valence electrons. The summed E-state index contributed by atoms with van der Waals surface area (Å²) < 4.78 is 1.95. The van der Waals surface area contributed by atoms with Crippen LogP contribution in [-0.2, 0) is 11.3 Å². The van der Waals surface area contributed by atoms with E-state index in [-0.39, 0.29) is 11.9 Å². The van der Waals surface area contributed by atoms with E-state index >= 15 is 0 Å². The number of carbonyl (C=O) groups excluding carboxylic acids is 2. The van der Waals surface area contributed by atoms with E-state index in [0.29, 0.717) is 11.6 Å². The van der Waals surface area contributed by atoms with E-state index in [9.17, 15) is 9.59 Å². The molecule has 10 heteroatoms. The Kier molecular flexibility index (Phi) is 6.20. The summed E-state index contributed by atoms with van der Waals surface area (Å²) in [4.78, 5) is 26.2. The third-order valence-electron chi connectivity index (χ3n) is 6.01. The van der Waals surface area contributed by atoms with Gasteiger partial charge in [0.15, 0.2) is 5.69 Å². The van der Waals surface area contributed by atoms with E-state index in [0.717, 1.165) is 17.4 Å². The highest BCUT2D eigenvalue weighted by Gasteiger charge is 2.34. The Morgan fingerprint density at radius 3 is 2.62 bits per heavy atom. The van der Waals surface area contributed by atoms with Gasteiger partial charge in [0.25, 0.3) is 11.9 Å². The lowest BCUT2D eigenvalue weighted by Gasteiger charge is -2.29. The molecule has 1 fully saturated rings. The van der Waals surface area contributed by atoms with Gasteiger partial charge in [-0.15, -0.1) is 5.10 Å². The molecule has 2 amide bonds. The highest BCUT2D eigenvalue weighted by Crippen LogP contribution is 2.28. The largest absolute Gasteiger partial charge is 0.338 e. The SMILES string of the molecule is CC(C)(C)[C@H](NC(=O)c1nn(CC2CCCCC2)c2ccccc12)C(=O)Nc1nn[nH]n1. The molecule has 10 nitrogen and oxygen atoms in total. The lowest BCUT2D eigenvalue weighted by atomic mass is 9.86. The minimum absolute atomic E-state index is 0.0562. The predicted molar refractivity (Wildman–Crippen MR) is 120 cm³/mol. The summed E-state index contributed by atoms with van der Waals surface area (Å²) in [6.45, 7) is 6.45. The number of para-hydroxylation sites is 1. The van der Waals surface area contributed by atoms with Crippen LogP contribution in [0.5, 0.6) is 0 Å². The molecule has 2 heterocycles. The number of aromatic nitrogens is 6. The standard InChI is InChI=1S/C22H30N8O2/c1-22(2,3)18(20(32)24-21-25-28-29-26-21)23-19(31)17-15-11-7-8-12-16(15)30(27-17)13-14-9-5-4-6-10-14/h7-8,11-12,14,18H,4-6,9-10,13H2,1-3H3,(H,23,31)(H2,24,25,26,28,29,32)/t18-/m1/s1. The number of amides is 2. The molecule has 1 saturated carbocycles. The Balaban J connectivity index is 1.58. The minimum atomic E-state index is -0.823. The second-order valence-electron chi connectivity index (χ2n) is 9.55. The molecule has 3 aromatic rings. The topological polar surface area (TPSA) is 130 Å². The summed E-state index contributed by atoms with van der Waals surface area (Å²) in [5.74, 6) is -0.170. The smallest absolute Gasteiger partial charge is 0.273 e. The van der Waals surface area contributed by atoms with E-state index in [1.807, 2.05) is 49.7 Å². The number of nitrogens with zero attached hydrogens (tertiary/aromatic N) is 5. The van der Waals surface area contributed by atoms with Crippen LogP contribution in [0.15, 0.2) is 24.3 Å². The van der Waals surface area contributed by atoms with Crippen molar-refractivity contribution in [2.45, 2.75) is 65.5 Å². The molecular weight excluding hydrogens is 408 g/mol.